The fourth-order valence-corrected chi connectivity index (χ4v) is 1.43. The predicted molar refractivity (Wildman–Crippen MR) is 76.7 cm³/mol. The maximum absolute atomic E-state index is 11.8. The normalized spacial score (nSPS) is 10.4. The topological polar surface area (TPSA) is 64.6 Å². The van der Waals surface area contributed by atoms with Gasteiger partial charge in [0, 0.05) is 18.2 Å². The lowest BCUT2D eigenvalue weighted by molar-refractivity contribution is -0.118. The number of amides is 1. The van der Waals surface area contributed by atoms with Crippen molar-refractivity contribution in [2.45, 2.75) is 20.8 Å². The van der Waals surface area contributed by atoms with Gasteiger partial charge in [-0.25, -0.2) is 4.79 Å². The number of carbonyl (C=O) groups excluding carboxylic acids is 2. The van der Waals surface area contributed by atoms with E-state index < -0.39 is 5.97 Å². The molecule has 0 unspecified atom stereocenters. The summed E-state index contributed by atoms with van der Waals surface area (Å²) in [5.74, 6) is -0.631. The van der Waals surface area contributed by atoms with Crippen molar-refractivity contribution < 1.29 is 19.1 Å². The number of rotatable bonds is 7. The SMILES string of the molecule is CCOCCOC(=O)c1cccc(NC(=O)C(C)C)c1. The van der Waals surface area contributed by atoms with Crippen molar-refractivity contribution in [3.05, 3.63) is 29.8 Å². The average molecular weight is 279 g/mol. The van der Waals surface area contributed by atoms with Crippen LogP contribution in [0.5, 0.6) is 0 Å². The van der Waals surface area contributed by atoms with Gasteiger partial charge in [0.1, 0.15) is 6.61 Å². The summed E-state index contributed by atoms with van der Waals surface area (Å²) in [4.78, 5) is 23.4. The molecule has 0 aromatic heterocycles. The fraction of sp³-hybridized carbons (Fsp3) is 0.467. The summed E-state index contributed by atoms with van der Waals surface area (Å²) in [6.45, 7) is 6.68. The van der Waals surface area contributed by atoms with E-state index in [1.54, 1.807) is 38.1 Å². The Morgan fingerprint density at radius 3 is 2.65 bits per heavy atom. The van der Waals surface area contributed by atoms with Crippen molar-refractivity contribution in [3.8, 4) is 0 Å². The number of carbonyl (C=O) groups is 2. The Morgan fingerprint density at radius 1 is 1.25 bits per heavy atom. The highest BCUT2D eigenvalue weighted by Crippen LogP contribution is 2.13. The van der Waals surface area contributed by atoms with E-state index in [9.17, 15) is 9.59 Å². The molecule has 1 aromatic rings. The molecule has 0 radical (unpaired) electrons. The summed E-state index contributed by atoms with van der Waals surface area (Å²) < 4.78 is 10.1. The van der Waals surface area contributed by atoms with Gasteiger partial charge in [-0.2, -0.15) is 0 Å². The second kappa shape index (κ2) is 8.32. The van der Waals surface area contributed by atoms with Gasteiger partial charge in [-0.15, -0.1) is 0 Å². The second-order valence-corrected chi connectivity index (χ2v) is 4.56. The molecule has 0 saturated carbocycles. The summed E-state index contributed by atoms with van der Waals surface area (Å²) in [7, 11) is 0. The molecular formula is C15H21NO4. The first-order chi connectivity index (χ1) is 9.54. The molecule has 1 aromatic carbocycles. The Balaban J connectivity index is 2.58. The van der Waals surface area contributed by atoms with Crippen LogP contribution in [0.25, 0.3) is 0 Å². The summed E-state index contributed by atoms with van der Waals surface area (Å²) in [6.07, 6.45) is 0. The van der Waals surface area contributed by atoms with Crippen LogP contribution in [0.1, 0.15) is 31.1 Å². The lowest BCUT2D eigenvalue weighted by Gasteiger charge is -2.09. The van der Waals surface area contributed by atoms with Crippen LogP contribution in [0.2, 0.25) is 0 Å². The average Bonchev–Trinajstić information content (AvgIpc) is 2.43. The number of hydrogen-bond donors (Lipinski definition) is 1. The van der Waals surface area contributed by atoms with Crippen molar-refractivity contribution in [1.82, 2.24) is 0 Å². The number of ether oxygens (including phenoxy) is 2. The van der Waals surface area contributed by atoms with Gasteiger partial charge >= 0.3 is 5.97 Å². The molecule has 0 aliphatic carbocycles. The Hall–Kier alpha value is -1.88. The Morgan fingerprint density at radius 2 is 2.00 bits per heavy atom. The van der Waals surface area contributed by atoms with E-state index >= 15 is 0 Å². The van der Waals surface area contributed by atoms with Gasteiger partial charge in [-0.1, -0.05) is 19.9 Å². The zero-order chi connectivity index (χ0) is 15.0. The van der Waals surface area contributed by atoms with Crippen LogP contribution in [-0.2, 0) is 14.3 Å². The van der Waals surface area contributed by atoms with E-state index in [1.165, 1.54) is 0 Å². The number of nitrogens with one attached hydrogen (secondary N) is 1. The number of hydrogen-bond acceptors (Lipinski definition) is 4. The highest BCUT2D eigenvalue weighted by Gasteiger charge is 2.10. The van der Waals surface area contributed by atoms with Crippen molar-refractivity contribution in [1.29, 1.82) is 0 Å². The van der Waals surface area contributed by atoms with E-state index in [0.717, 1.165) is 0 Å². The molecule has 0 spiro atoms. The first-order valence-corrected chi connectivity index (χ1v) is 6.70. The Kier molecular flexibility index (Phi) is 6.73. The summed E-state index contributed by atoms with van der Waals surface area (Å²) in [5, 5.41) is 2.74. The van der Waals surface area contributed by atoms with E-state index in [-0.39, 0.29) is 18.4 Å². The predicted octanol–water partition coefficient (Wildman–Crippen LogP) is 2.47. The van der Waals surface area contributed by atoms with Gasteiger partial charge in [0.2, 0.25) is 5.91 Å². The zero-order valence-corrected chi connectivity index (χ0v) is 12.1. The van der Waals surface area contributed by atoms with Crippen molar-refractivity contribution in [2.24, 2.45) is 5.92 Å². The smallest absolute Gasteiger partial charge is 0.338 e. The Bertz CT molecular complexity index is 457. The summed E-state index contributed by atoms with van der Waals surface area (Å²) >= 11 is 0. The highest BCUT2D eigenvalue weighted by atomic mass is 16.6. The number of anilines is 1. The minimum Gasteiger partial charge on any atom is -0.460 e. The molecule has 0 aliphatic rings. The van der Waals surface area contributed by atoms with Crippen molar-refractivity contribution in [2.75, 3.05) is 25.1 Å². The summed E-state index contributed by atoms with van der Waals surface area (Å²) in [5.41, 5.74) is 0.992. The molecule has 0 heterocycles. The third kappa shape index (κ3) is 5.40. The van der Waals surface area contributed by atoms with Gasteiger partial charge in [-0.05, 0) is 25.1 Å². The van der Waals surface area contributed by atoms with Crippen molar-refractivity contribution >= 4 is 17.6 Å². The molecular weight excluding hydrogens is 258 g/mol. The van der Waals surface area contributed by atoms with Gasteiger partial charge < -0.3 is 14.8 Å². The minimum absolute atomic E-state index is 0.0909. The first-order valence-electron chi connectivity index (χ1n) is 6.70. The molecule has 0 atom stereocenters. The third-order valence-corrected chi connectivity index (χ3v) is 2.56. The molecule has 0 saturated heterocycles. The summed E-state index contributed by atoms with van der Waals surface area (Å²) in [6, 6.07) is 6.68. The lowest BCUT2D eigenvalue weighted by atomic mass is 10.1. The first kappa shape index (κ1) is 16.2. The quantitative estimate of drug-likeness (QED) is 0.615. The highest BCUT2D eigenvalue weighted by molar-refractivity contribution is 5.95. The molecule has 5 nitrogen and oxygen atoms in total. The maximum Gasteiger partial charge on any atom is 0.338 e. The monoisotopic (exact) mass is 279 g/mol. The van der Waals surface area contributed by atoms with Gasteiger partial charge in [-0.3, -0.25) is 4.79 Å². The molecule has 5 heteroatoms. The number of benzene rings is 1. The molecule has 0 aliphatic heterocycles. The second-order valence-electron chi connectivity index (χ2n) is 4.56. The van der Waals surface area contributed by atoms with Gasteiger partial charge in [0.15, 0.2) is 0 Å². The molecule has 0 fully saturated rings. The van der Waals surface area contributed by atoms with Crippen LogP contribution >= 0.6 is 0 Å². The molecule has 110 valence electrons. The maximum atomic E-state index is 11.8. The largest absolute Gasteiger partial charge is 0.460 e. The van der Waals surface area contributed by atoms with E-state index in [2.05, 4.69) is 5.32 Å². The van der Waals surface area contributed by atoms with Crippen LogP contribution in [0, 0.1) is 5.92 Å². The zero-order valence-electron chi connectivity index (χ0n) is 12.1. The van der Waals surface area contributed by atoms with Crippen molar-refractivity contribution in [3.63, 3.8) is 0 Å². The third-order valence-electron chi connectivity index (χ3n) is 2.56. The van der Waals surface area contributed by atoms with E-state index in [1.807, 2.05) is 6.92 Å². The number of esters is 1. The van der Waals surface area contributed by atoms with Crippen LogP contribution < -0.4 is 5.32 Å². The van der Waals surface area contributed by atoms with Crippen LogP contribution in [0.15, 0.2) is 24.3 Å². The molecule has 1 amide bonds. The molecule has 0 bridgehead atoms. The molecule has 20 heavy (non-hydrogen) atoms. The van der Waals surface area contributed by atoms with Gasteiger partial charge in [0.25, 0.3) is 0 Å². The molecule has 1 rings (SSSR count). The van der Waals surface area contributed by atoms with E-state index in [0.29, 0.717) is 24.5 Å². The standard InChI is InChI=1S/C15H21NO4/c1-4-19-8-9-20-15(18)12-6-5-7-13(10-12)16-14(17)11(2)3/h5-7,10-11H,4,8-9H2,1-3H3,(H,16,17). The fourth-order valence-electron chi connectivity index (χ4n) is 1.43. The lowest BCUT2D eigenvalue weighted by Crippen LogP contribution is -2.18. The molecule has 1 N–H and O–H groups in total. The van der Waals surface area contributed by atoms with Crippen LogP contribution in [0.3, 0.4) is 0 Å². The van der Waals surface area contributed by atoms with Crippen LogP contribution in [0.4, 0.5) is 5.69 Å². The van der Waals surface area contributed by atoms with Crippen LogP contribution in [-0.4, -0.2) is 31.7 Å². The Labute approximate surface area is 119 Å². The van der Waals surface area contributed by atoms with E-state index in [4.69, 9.17) is 9.47 Å². The minimum atomic E-state index is -0.426. The van der Waals surface area contributed by atoms with Gasteiger partial charge in [0.05, 0.1) is 12.2 Å².